The molecule has 4 N–H and O–H groups in total. The monoisotopic (exact) mass is 1360 g/mol. The van der Waals surface area contributed by atoms with Crippen molar-refractivity contribution in [3.05, 3.63) is 95.2 Å². The van der Waals surface area contributed by atoms with Crippen LogP contribution in [0.1, 0.15) is 77.3 Å². The normalized spacial score (nSPS) is 17.9. The number of rotatable bonds is 34. The summed E-state index contributed by atoms with van der Waals surface area (Å²) in [6, 6.07) is 8.90. The van der Waals surface area contributed by atoms with Crippen LogP contribution < -0.4 is 4.90 Å². The van der Waals surface area contributed by atoms with Crippen molar-refractivity contribution in [2.75, 3.05) is 104 Å². The van der Waals surface area contributed by atoms with Crippen LogP contribution in [-0.4, -0.2) is 197 Å². The van der Waals surface area contributed by atoms with Gasteiger partial charge in [0, 0.05) is 78.2 Å². The first kappa shape index (κ1) is 71.5. The number of ether oxygens (including phenoxy) is 6. The van der Waals surface area contributed by atoms with Crippen LogP contribution in [-0.2, 0) is 109 Å². The van der Waals surface area contributed by atoms with E-state index in [0.29, 0.717) is 90.8 Å². The maximum Gasteiger partial charge on any atom is 0.333 e. The molecule has 2 amide bonds. The standard InChI is InChI=1S/C57H71N3O25S5/c1-38(9-15-49-56(2,3)54-43-34-39(87(67,68)69)36-47(89(73,74)75)41(43)11-13-45(54)58(49)20-6-8-53(63)85-60-51(61)17-18-52(60)62)10-16-50-57(4,19-7-33-86(64,65)66)55-44-35-40(88(70,71)72)37-48(90(76,77)78)42(44)12-14-46(55)59(50)21-22-80-25-26-82-29-30-84-32-31-83-28-27-81-24-23-79-5/h9-16,34-37H,6-8,17-33H2,1-5H3,(H4-,64,65,66,67,68,69,70,71,72,73,74,75,76,77,78). The molecule has 3 aliphatic heterocycles. The van der Waals surface area contributed by atoms with Crippen molar-refractivity contribution >= 4 is 107 Å². The summed E-state index contributed by atoms with van der Waals surface area (Å²) in [5.74, 6) is -3.03. The van der Waals surface area contributed by atoms with Crippen LogP contribution in [0.4, 0.5) is 11.4 Å². The second kappa shape index (κ2) is 29.3. The molecule has 33 heteroatoms. The molecule has 0 radical (unpaired) electrons. The van der Waals surface area contributed by atoms with E-state index in [9.17, 15) is 79.2 Å². The molecule has 0 bridgehead atoms. The maximum atomic E-state index is 13.0. The topological polar surface area (TPSA) is 400 Å². The number of fused-ring (bicyclic) bond motifs is 6. The largest absolute Gasteiger partial charge is 0.744 e. The van der Waals surface area contributed by atoms with Crippen molar-refractivity contribution in [3.63, 3.8) is 0 Å². The molecule has 90 heavy (non-hydrogen) atoms. The lowest BCUT2D eigenvalue weighted by molar-refractivity contribution is -0.438. The molecule has 1 unspecified atom stereocenters. The van der Waals surface area contributed by atoms with E-state index in [0.717, 1.165) is 12.1 Å². The van der Waals surface area contributed by atoms with E-state index in [1.54, 1.807) is 68.6 Å². The van der Waals surface area contributed by atoms with Gasteiger partial charge in [0.05, 0.1) is 105 Å². The van der Waals surface area contributed by atoms with Crippen molar-refractivity contribution in [2.24, 2.45) is 0 Å². The molecule has 0 spiro atoms. The molecule has 28 nitrogen and oxygen atoms in total. The van der Waals surface area contributed by atoms with E-state index in [1.807, 2.05) is 0 Å². The van der Waals surface area contributed by atoms with E-state index < -0.39 is 105 Å². The average molecular weight is 1360 g/mol. The van der Waals surface area contributed by atoms with Gasteiger partial charge in [0.2, 0.25) is 5.69 Å². The maximum absolute atomic E-state index is 13.0. The minimum absolute atomic E-state index is 0.00382. The summed E-state index contributed by atoms with van der Waals surface area (Å²) in [6.07, 6.45) is 5.79. The van der Waals surface area contributed by atoms with Gasteiger partial charge in [0.15, 0.2) is 5.71 Å². The van der Waals surface area contributed by atoms with Gasteiger partial charge < -0.3 is 42.7 Å². The highest BCUT2D eigenvalue weighted by molar-refractivity contribution is 7.87. The average Bonchev–Trinajstić information content (AvgIpc) is 1.51. The predicted molar refractivity (Wildman–Crippen MR) is 322 cm³/mol. The molecule has 3 heterocycles. The highest BCUT2D eigenvalue weighted by Gasteiger charge is 2.47. The number of amides is 2. The molecule has 0 aromatic heterocycles. The number of imide groups is 1. The van der Waals surface area contributed by atoms with E-state index in [-0.39, 0.29) is 112 Å². The molecule has 1 atom stereocenters. The van der Waals surface area contributed by atoms with Gasteiger partial charge in [0.25, 0.3) is 52.3 Å². The van der Waals surface area contributed by atoms with E-state index >= 15 is 0 Å². The lowest BCUT2D eigenvalue weighted by atomic mass is 9.75. The van der Waals surface area contributed by atoms with Crippen LogP contribution in [0.5, 0.6) is 0 Å². The lowest BCUT2D eigenvalue weighted by Crippen LogP contribution is -2.32. The van der Waals surface area contributed by atoms with E-state index in [2.05, 4.69) is 0 Å². The Balaban J connectivity index is 1.26. The zero-order valence-corrected chi connectivity index (χ0v) is 53.9. The van der Waals surface area contributed by atoms with E-state index in [1.165, 1.54) is 24.3 Å². The molecule has 7 rings (SSSR count). The van der Waals surface area contributed by atoms with Crippen LogP contribution in [0.25, 0.3) is 21.5 Å². The summed E-state index contributed by atoms with van der Waals surface area (Å²) in [6.45, 7) is 10.0. The Morgan fingerprint density at radius 3 is 1.69 bits per heavy atom. The molecular formula is C57H71N3O25S5. The third kappa shape index (κ3) is 17.4. The quantitative estimate of drug-likeness (QED) is 0.0158. The second-order valence-corrected chi connectivity index (χ2v) is 29.0. The van der Waals surface area contributed by atoms with Gasteiger partial charge in [0.1, 0.15) is 21.6 Å². The minimum Gasteiger partial charge on any atom is -0.744 e. The zero-order valence-electron chi connectivity index (χ0n) is 49.8. The number of hydroxylamine groups is 2. The number of allylic oxidation sites excluding steroid dienone is 6. The number of benzene rings is 4. The molecule has 1 fully saturated rings. The Labute approximate surface area is 521 Å². The first-order valence-corrected chi connectivity index (χ1v) is 35.4. The fourth-order valence-electron chi connectivity index (χ4n) is 11.1. The van der Waals surface area contributed by atoms with Gasteiger partial charge >= 0.3 is 5.97 Å². The summed E-state index contributed by atoms with van der Waals surface area (Å²) in [4.78, 5) is 40.8. The number of anilines is 1. The van der Waals surface area contributed by atoms with Crippen LogP contribution in [0.3, 0.4) is 0 Å². The third-order valence-electron chi connectivity index (χ3n) is 15.2. The Bertz CT molecular complexity index is 4130. The predicted octanol–water partition coefficient (Wildman–Crippen LogP) is 4.96. The van der Waals surface area contributed by atoms with Crippen LogP contribution in [0.15, 0.2) is 104 Å². The summed E-state index contributed by atoms with van der Waals surface area (Å²) in [7, 11) is -23.8. The lowest BCUT2D eigenvalue weighted by Gasteiger charge is -2.31. The first-order valence-electron chi connectivity index (χ1n) is 28.1. The fraction of sp³-hybridized carbons (Fsp3) is 0.474. The number of hydrogen-bond donors (Lipinski definition) is 4. The molecular weight excluding hydrogens is 1290 g/mol. The molecule has 494 valence electrons. The van der Waals surface area contributed by atoms with Crippen LogP contribution in [0.2, 0.25) is 0 Å². The Morgan fingerprint density at radius 2 is 1.17 bits per heavy atom. The molecule has 3 aliphatic rings. The Morgan fingerprint density at radius 1 is 0.656 bits per heavy atom. The van der Waals surface area contributed by atoms with Crippen molar-refractivity contribution in [1.29, 1.82) is 0 Å². The summed E-state index contributed by atoms with van der Waals surface area (Å²) in [5.41, 5.74) is 0.0398. The van der Waals surface area contributed by atoms with Crippen molar-refractivity contribution in [1.82, 2.24) is 5.06 Å². The van der Waals surface area contributed by atoms with Gasteiger partial charge in [-0.3, -0.25) is 27.8 Å². The van der Waals surface area contributed by atoms with Crippen molar-refractivity contribution in [3.8, 4) is 0 Å². The molecule has 1 saturated heterocycles. The highest BCUT2D eigenvalue weighted by Crippen LogP contribution is 2.54. The smallest absolute Gasteiger partial charge is 0.333 e. The fourth-order valence-corrected chi connectivity index (χ4v) is 14.3. The summed E-state index contributed by atoms with van der Waals surface area (Å²) in [5, 5.41) is 0.00728. The van der Waals surface area contributed by atoms with Gasteiger partial charge in [-0.15, -0.1) is 5.06 Å². The molecule has 0 saturated carbocycles. The first-order chi connectivity index (χ1) is 42.1. The number of methoxy groups -OCH3 is 1. The van der Waals surface area contributed by atoms with Crippen LogP contribution in [0, 0.1) is 0 Å². The zero-order chi connectivity index (χ0) is 66.2. The third-order valence-corrected chi connectivity index (χ3v) is 19.5. The summed E-state index contributed by atoms with van der Waals surface area (Å²) < 4.78 is 215. The Hall–Kier alpha value is -5.99. The number of carbonyl (C=O) groups excluding carboxylic acids is 3. The highest BCUT2D eigenvalue weighted by atomic mass is 32.2. The van der Waals surface area contributed by atoms with Gasteiger partial charge in [-0.1, -0.05) is 23.8 Å². The van der Waals surface area contributed by atoms with Gasteiger partial charge in [-0.2, -0.15) is 38.2 Å². The van der Waals surface area contributed by atoms with Crippen molar-refractivity contribution < 1.29 is 117 Å². The number of carbonyl (C=O) groups is 3. The van der Waals surface area contributed by atoms with E-state index in [4.69, 9.17) is 33.3 Å². The van der Waals surface area contributed by atoms with Crippen LogP contribution >= 0.6 is 0 Å². The molecule has 0 aliphatic carbocycles. The summed E-state index contributed by atoms with van der Waals surface area (Å²) >= 11 is 0. The second-order valence-electron chi connectivity index (χ2n) is 21.9. The molecule has 4 aromatic rings. The van der Waals surface area contributed by atoms with Gasteiger partial charge in [-0.25, -0.2) is 13.2 Å². The number of nitrogens with zero attached hydrogens (tertiary/aromatic N) is 3. The Kier molecular flexibility index (Phi) is 23.3. The van der Waals surface area contributed by atoms with Gasteiger partial charge in [-0.05, 0) is 99.3 Å². The minimum atomic E-state index is -5.37. The molecule has 4 aromatic carbocycles. The number of hydrogen-bond acceptors (Lipinski definition) is 22. The SMILES string of the molecule is COCCOCCOCCOCCOCCOCCN1C(=CC=C(C)C=CC2=[N+](CCCC(=O)ON3C(=O)CCC3=O)c3ccc4c(S(=O)(=O)[O-])cc(S(=O)(=O)O)cc4c3C2(C)C)C(C)(CCCS(=O)(=O)O)c2c1ccc1c(S(=O)(=O)O)cc(S(=O)(=O)O)cc21. The van der Waals surface area contributed by atoms with Crippen molar-refractivity contribution in [2.45, 2.75) is 96.6 Å².